The molecule has 4 rings (SSSR count). The van der Waals surface area contributed by atoms with Crippen LogP contribution in [0.4, 0.5) is 5.69 Å². The number of H-pyrrole nitrogens is 1. The number of aromatic nitrogens is 3. The predicted molar refractivity (Wildman–Crippen MR) is 102 cm³/mol. The van der Waals surface area contributed by atoms with Crippen LogP contribution < -0.4 is 5.32 Å². The molecule has 7 nitrogen and oxygen atoms in total. The van der Waals surface area contributed by atoms with Crippen LogP contribution in [-0.4, -0.2) is 37.7 Å². The van der Waals surface area contributed by atoms with Crippen molar-refractivity contribution in [1.29, 1.82) is 0 Å². The highest BCUT2D eigenvalue weighted by atomic mass is 16.2. The van der Waals surface area contributed by atoms with Crippen LogP contribution in [0.1, 0.15) is 36.5 Å². The average Bonchev–Trinajstić information content (AvgIpc) is 3.05. The maximum Gasteiger partial charge on any atom is 0.290 e. The third kappa shape index (κ3) is 3.05. The highest BCUT2D eigenvalue weighted by Crippen LogP contribution is 2.28. The molecular weight excluding hydrogens is 342 g/mol. The number of nitrogens with zero attached hydrogens (tertiary/aromatic N) is 3. The molecule has 1 aromatic carbocycles. The molecule has 0 spiro atoms. The van der Waals surface area contributed by atoms with Crippen molar-refractivity contribution < 1.29 is 9.59 Å². The van der Waals surface area contributed by atoms with Gasteiger partial charge in [-0.2, -0.15) is 0 Å². The Bertz CT molecular complexity index is 979. The van der Waals surface area contributed by atoms with Crippen molar-refractivity contribution in [2.75, 3.05) is 5.32 Å². The maximum atomic E-state index is 13.3. The Labute approximate surface area is 156 Å². The van der Waals surface area contributed by atoms with Gasteiger partial charge in [0.1, 0.15) is 11.6 Å². The van der Waals surface area contributed by atoms with Crippen molar-refractivity contribution >= 4 is 28.7 Å². The van der Waals surface area contributed by atoms with Gasteiger partial charge in [-0.25, -0.2) is 9.97 Å². The normalized spacial score (nSPS) is 17.9. The van der Waals surface area contributed by atoms with Gasteiger partial charge >= 0.3 is 0 Å². The number of hydrogen-bond donors (Lipinski definition) is 2. The summed E-state index contributed by atoms with van der Waals surface area (Å²) in [5.74, 6) is -0.267. The molecule has 2 atom stereocenters. The number of para-hydroxylation sites is 1. The molecule has 138 valence electrons. The molecule has 0 saturated heterocycles. The number of amides is 2. The Kier molecular flexibility index (Phi) is 4.35. The Balaban J connectivity index is 1.77. The zero-order chi connectivity index (χ0) is 19.0. The van der Waals surface area contributed by atoms with E-state index < -0.39 is 6.04 Å². The fourth-order valence-corrected chi connectivity index (χ4v) is 3.48. The number of fused-ring (bicyclic) bond motifs is 2. The first-order valence-corrected chi connectivity index (χ1v) is 9.09. The number of hydrogen-bond acceptors (Lipinski definition) is 4. The highest BCUT2D eigenvalue weighted by Gasteiger charge is 2.37. The van der Waals surface area contributed by atoms with Gasteiger partial charge in [-0.15, -0.1) is 0 Å². The Morgan fingerprint density at radius 2 is 2.11 bits per heavy atom. The van der Waals surface area contributed by atoms with E-state index in [-0.39, 0.29) is 23.6 Å². The van der Waals surface area contributed by atoms with Gasteiger partial charge in [-0.1, -0.05) is 38.5 Å². The van der Waals surface area contributed by atoms with Gasteiger partial charge in [0, 0.05) is 18.4 Å². The third-order valence-corrected chi connectivity index (χ3v) is 5.12. The first kappa shape index (κ1) is 17.2. The fraction of sp³-hybridized carbons (Fsp3) is 0.300. The molecule has 0 aliphatic carbocycles. The zero-order valence-corrected chi connectivity index (χ0v) is 15.3. The second-order valence-corrected chi connectivity index (χ2v) is 6.87. The molecule has 2 N–H and O–H groups in total. The SMILES string of the molecule is CCC(C)C1C(=O)Nc2ccccc2CN1C(=O)c1nc2cccnc2[nH]1. The smallest absolute Gasteiger partial charge is 0.290 e. The summed E-state index contributed by atoms with van der Waals surface area (Å²) in [5.41, 5.74) is 2.83. The molecule has 27 heavy (non-hydrogen) atoms. The predicted octanol–water partition coefficient (Wildman–Crippen LogP) is 2.97. The number of pyridine rings is 1. The van der Waals surface area contributed by atoms with E-state index in [9.17, 15) is 9.59 Å². The molecule has 0 saturated carbocycles. The lowest BCUT2D eigenvalue weighted by atomic mass is 9.96. The van der Waals surface area contributed by atoms with E-state index in [4.69, 9.17) is 0 Å². The first-order chi connectivity index (χ1) is 13.1. The topological polar surface area (TPSA) is 91.0 Å². The van der Waals surface area contributed by atoms with E-state index in [1.54, 1.807) is 23.2 Å². The van der Waals surface area contributed by atoms with E-state index in [1.165, 1.54) is 0 Å². The van der Waals surface area contributed by atoms with Crippen LogP contribution in [-0.2, 0) is 11.3 Å². The molecule has 1 aliphatic rings. The number of carbonyl (C=O) groups is 2. The number of imidazole rings is 1. The van der Waals surface area contributed by atoms with Crippen LogP contribution in [0.25, 0.3) is 11.2 Å². The summed E-state index contributed by atoms with van der Waals surface area (Å²) in [7, 11) is 0. The number of rotatable bonds is 3. The van der Waals surface area contributed by atoms with Crippen LogP contribution in [0.5, 0.6) is 0 Å². The largest absolute Gasteiger partial charge is 0.324 e. The van der Waals surface area contributed by atoms with Gasteiger partial charge < -0.3 is 15.2 Å². The van der Waals surface area contributed by atoms with E-state index in [0.29, 0.717) is 17.7 Å². The fourth-order valence-electron chi connectivity index (χ4n) is 3.48. The Morgan fingerprint density at radius 1 is 1.30 bits per heavy atom. The van der Waals surface area contributed by atoms with Gasteiger partial charge in [0.2, 0.25) is 5.91 Å². The van der Waals surface area contributed by atoms with Crippen molar-refractivity contribution in [3.05, 3.63) is 54.0 Å². The lowest BCUT2D eigenvalue weighted by Crippen LogP contribution is -2.49. The van der Waals surface area contributed by atoms with Crippen molar-refractivity contribution in [1.82, 2.24) is 19.9 Å². The standard InChI is InChI=1S/C20H21N5O2/c1-3-12(2)16-19(26)23-14-8-5-4-7-13(14)11-25(16)20(27)18-22-15-9-6-10-21-17(15)24-18/h4-10,12,16H,3,11H2,1-2H3,(H,23,26)(H,21,22,24). The van der Waals surface area contributed by atoms with Gasteiger partial charge in [-0.3, -0.25) is 9.59 Å². The van der Waals surface area contributed by atoms with Gasteiger partial charge in [0.25, 0.3) is 5.91 Å². The molecule has 3 heterocycles. The monoisotopic (exact) mass is 363 g/mol. The second-order valence-electron chi connectivity index (χ2n) is 6.87. The van der Waals surface area contributed by atoms with Crippen molar-refractivity contribution in [3.8, 4) is 0 Å². The first-order valence-electron chi connectivity index (χ1n) is 9.09. The zero-order valence-electron chi connectivity index (χ0n) is 15.3. The summed E-state index contributed by atoms with van der Waals surface area (Å²) in [6, 6.07) is 10.6. The van der Waals surface area contributed by atoms with Gasteiger partial charge in [-0.05, 0) is 29.7 Å². The average molecular weight is 363 g/mol. The molecule has 2 amide bonds. The number of nitrogens with one attached hydrogen (secondary N) is 2. The lowest BCUT2D eigenvalue weighted by molar-refractivity contribution is -0.122. The minimum Gasteiger partial charge on any atom is -0.324 e. The quantitative estimate of drug-likeness (QED) is 0.748. The molecule has 0 radical (unpaired) electrons. The molecule has 0 bridgehead atoms. The summed E-state index contributed by atoms with van der Waals surface area (Å²) >= 11 is 0. The minimum absolute atomic E-state index is 0.00534. The molecule has 3 aromatic rings. The van der Waals surface area contributed by atoms with Crippen molar-refractivity contribution in [2.24, 2.45) is 5.92 Å². The Morgan fingerprint density at radius 3 is 2.89 bits per heavy atom. The summed E-state index contributed by atoms with van der Waals surface area (Å²) < 4.78 is 0. The summed E-state index contributed by atoms with van der Waals surface area (Å²) in [6.45, 7) is 4.34. The number of anilines is 1. The second kappa shape index (κ2) is 6.83. The third-order valence-electron chi connectivity index (χ3n) is 5.12. The lowest BCUT2D eigenvalue weighted by Gasteiger charge is -2.31. The molecule has 2 unspecified atom stereocenters. The van der Waals surface area contributed by atoms with Crippen molar-refractivity contribution in [2.45, 2.75) is 32.9 Å². The van der Waals surface area contributed by atoms with E-state index in [2.05, 4.69) is 20.3 Å². The van der Waals surface area contributed by atoms with Crippen LogP contribution in [0.3, 0.4) is 0 Å². The van der Waals surface area contributed by atoms with Crippen molar-refractivity contribution in [3.63, 3.8) is 0 Å². The van der Waals surface area contributed by atoms with Crippen LogP contribution >= 0.6 is 0 Å². The minimum atomic E-state index is -0.573. The highest BCUT2D eigenvalue weighted by molar-refractivity contribution is 6.02. The van der Waals surface area contributed by atoms with Crippen LogP contribution in [0.15, 0.2) is 42.6 Å². The Hall–Kier alpha value is -3.22. The molecule has 7 heteroatoms. The van der Waals surface area contributed by atoms with Crippen LogP contribution in [0.2, 0.25) is 0 Å². The molecule has 2 aromatic heterocycles. The maximum absolute atomic E-state index is 13.3. The molecular formula is C20H21N5O2. The van der Waals surface area contributed by atoms with Gasteiger partial charge in [0.15, 0.2) is 11.5 Å². The number of benzene rings is 1. The summed E-state index contributed by atoms with van der Waals surface area (Å²) in [6.07, 6.45) is 2.42. The summed E-state index contributed by atoms with van der Waals surface area (Å²) in [4.78, 5) is 39.5. The van der Waals surface area contributed by atoms with E-state index >= 15 is 0 Å². The van der Waals surface area contributed by atoms with Crippen LogP contribution in [0, 0.1) is 5.92 Å². The number of aromatic amines is 1. The van der Waals surface area contributed by atoms with E-state index in [1.807, 2.05) is 38.1 Å². The van der Waals surface area contributed by atoms with E-state index in [0.717, 1.165) is 17.7 Å². The summed E-state index contributed by atoms with van der Waals surface area (Å²) in [5, 5.41) is 2.97. The molecule has 0 fully saturated rings. The van der Waals surface area contributed by atoms with Gasteiger partial charge in [0.05, 0.1) is 0 Å². The number of carbonyl (C=O) groups excluding carboxylic acids is 2. The molecule has 1 aliphatic heterocycles.